The molecular formula is C35H56F3N5O3. The van der Waals surface area contributed by atoms with Gasteiger partial charge in [0, 0.05) is 64.2 Å². The van der Waals surface area contributed by atoms with Gasteiger partial charge in [-0.1, -0.05) is 13.8 Å². The number of carbonyl (C=O) groups is 1. The molecule has 0 radical (unpaired) electrons. The molecule has 1 aliphatic carbocycles. The average Bonchev–Trinajstić information content (AvgIpc) is 3.51. The van der Waals surface area contributed by atoms with Gasteiger partial charge in [0.2, 0.25) is 5.91 Å². The van der Waals surface area contributed by atoms with Crippen LogP contribution >= 0.6 is 0 Å². The number of anilines is 1. The zero-order chi connectivity index (χ0) is 33.1. The second-order valence-electron chi connectivity index (χ2n) is 14.7. The summed E-state index contributed by atoms with van der Waals surface area (Å²) in [6, 6.07) is 3.29. The number of carbonyl (C=O) groups excluding carboxylic acids is 1. The van der Waals surface area contributed by atoms with Crippen LogP contribution in [0.2, 0.25) is 0 Å². The summed E-state index contributed by atoms with van der Waals surface area (Å²) in [7, 11) is 1.79. The molecule has 1 aromatic heterocycles. The van der Waals surface area contributed by atoms with Gasteiger partial charge in [-0.15, -0.1) is 0 Å². The summed E-state index contributed by atoms with van der Waals surface area (Å²) in [4.78, 5) is 27.8. The standard InChI is InChI=1S/C35H56F3N5O3/c1-25(2)34(33(44)42-19-17-41(18-20-42)32-22-28(7-13-39-32)35(36,37)38)12-6-29(23-34)43(30-11-21-46-24-31(30)45-5)16-10-27-8-14-40(15-9-27)26(3)4/h7,13,22,25-27,29-31H,6,8-12,14-21,23-24H2,1-5H3/t29-,30+,31-,34+/m1/s1. The molecule has 3 aliphatic heterocycles. The summed E-state index contributed by atoms with van der Waals surface area (Å²) < 4.78 is 51.7. The number of methoxy groups -OCH3 is 1. The maximum atomic E-state index is 14.4. The molecule has 4 aliphatic rings. The molecule has 4 heterocycles. The molecule has 1 amide bonds. The smallest absolute Gasteiger partial charge is 0.379 e. The monoisotopic (exact) mass is 651 g/mol. The molecule has 8 nitrogen and oxygen atoms in total. The number of halogens is 3. The lowest BCUT2D eigenvalue weighted by Crippen LogP contribution is -2.56. The third-order valence-corrected chi connectivity index (χ3v) is 11.7. The summed E-state index contributed by atoms with van der Waals surface area (Å²) in [5, 5.41) is 0. The molecule has 0 aromatic carbocycles. The second kappa shape index (κ2) is 15.1. The van der Waals surface area contributed by atoms with Crippen LogP contribution < -0.4 is 4.90 Å². The van der Waals surface area contributed by atoms with Crippen LogP contribution in [0, 0.1) is 17.3 Å². The fourth-order valence-electron chi connectivity index (χ4n) is 8.53. The van der Waals surface area contributed by atoms with E-state index in [4.69, 9.17) is 9.47 Å². The maximum absolute atomic E-state index is 14.4. The van der Waals surface area contributed by atoms with Gasteiger partial charge in [-0.3, -0.25) is 9.69 Å². The van der Waals surface area contributed by atoms with Crippen molar-refractivity contribution in [2.24, 2.45) is 17.3 Å². The van der Waals surface area contributed by atoms with E-state index in [-0.39, 0.29) is 24.0 Å². The van der Waals surface area contributed by atoms with Crippen molar-refractivity contribution in [2.75, 3.05) is 71.0 Å². The Morgan fingerprint density at radius 2 is 1.80 bits per heavy atom. The fraction of sp³-hybridized carbons (Fsp3) is 0.829. The summed E-state index contributed by atoms with van der Waals surface area (Å²) in [5.41, 5.74) is -1.15. The minimum atomic E-state index is -4.41. The average molecular weight is 652 g/mol. The van der Waals surface area contributed by atoms with Crippen molar-refractivity contribution in [2.45, 2.75) is 103 Å². The predicted octanol–water partition coefficient (Wildman–Crippen LogP) is 5.56. The van der Waals surface area contributed by atoms with E-state index in [1.807, 2.05) is 9.80 Å². The van der Waals surface area contributed by atoms with Gasteiger partial charge in [0.05, 0.1) is 23.7 Å². The zero-order valence-corrected chi connectivity index (χ0v) is 28.6. The SMILES string of the molecule is CO[C@@H]1COCC[C@@H]1N(CCC1CCN(C(C)C)CC1)[C@@H]1CC[C@@](C(=O)N2CCN(c3cc(C(F)(F)F)ccn3)CC2)(C(C)C)C1. The molecule has 4 fully saturated rings. The van der Waals surface area contributed by atoms with Gasteiger partial charge in [-0.2, -0.15) is 13.2 Å². The van der Waals surface area contributed by atoms with Crippen molar-refractivity contribution in [1.29, 1.82) is 0 Å². The van der Waals surface area contributed by atoms with Crippen LogP contribution in [0.25, 0.3) is 0 Å². The first-order valence-electron chi connectivity index (χ1n) is 17.6. The summed E-state index contributed by atoms with van der Waals surface area (Å²) in [6.07, 6.45) is 4.10. The van der Waals surface area contributed by atoms with Crippen molar-refractivity contribution in [1.82, 2.24) is 19.7 Å². The third kappa shape index (κ3) is 7.84. The molecule has 46 heavy (non-hydrogen) atoms. The highest BCUT2D eigenvalue weighted by molar-refractivity contribution is 5.84. The fourth-order valence-corrected chi connectivity index (χ4v) is 8.53. The van der Waals surface area contributed by atoms with E-state index < -0.39 is 17.2 Å². The molecule has 4 atom stereocenters. The number of piperazine rings is 1. The first kappa shape index (κ1) is 35.4. The molecule has 260 valence electrons. The number of amides is 1. The highest BCUT2D eigenvalue weighted by Gasteiger charge is 2.52. The minimum Gasteiger partial charge on any atom is -0.379 e. The van der Waals surface area contributed by atoms with Crippen molar-refractivity contribution < 1.29 is 27.4 Å². The van der Waals surface area contributed by atoms with Gasteiger partial charge < -0.3 is 24.2 Å². The quantitative estimate of drug-likeness (QED) is 0.329. The molecule has 5 rings (SSSR count). The number of likely N-dealkylation sites (tertiary alicyclic amines) is 1. The van der Waals surface area contributed by atoms with Crippen LogP contribution in [0.5, 0.6) is 0 Å². The Balaban J connectivity index is 1.26. The first-order chi connectivity index (χ1) is 21.9. The first-order valence-corrected chi connectivity index (χ1v) is 17.6. The van der Waals surface area contributed by atoms with Gasteiger partial charge in [0.25, 0.3) is 0 Å². The molecule has 0 unspecified atom stereocenters. The molecule has 1 aromatic rings. The number of hydrogen-bond acceptors (Lipinski definition) is 7. The van der Waals surface area contributed by atoms with E-state index in [1.54, 1.807) is 7.11 Å². The highest BCUT2D eigenvalue weighted by atomic mass is 19.4. The van der Waals surface area contributed by atoms with E-state index in [0.717, 1.165) is 56.9 Å². The van der Waals surface area contributed by atoms with E-state index in [9.17, 15) is 18.0 Å². The number of aromatic nitrogens is 1. The predicted molar refractivity (Wildman–Crippen MR) is 174 cm³/mol. The van der Waals surface area contributed by atoms with Crippen LogP contribution in [0.15, 0.2) is 18.3 Å². The van der Waals surface area contributed by atoms with Gasteiger partial charge >= 0.3 is 6.18 Å². The number of hydrogen-bond donors (Lipinski definition) is 0. The van der Waals surface area contributed by atoms with Crippen LogP contribution in [0.1, 0.15) is 78.2 Å². The second-order valence-corrected chi connectivity index (χ2v) is 14.7. The number of pyridine rings is 1. The summed E-state index contributed by atoms with van der Waals surface area (Å²) in [6.45, 7) is 15.6. The van der Waals surface area contributed by atoms with Gasteiger partial charge in [0.1, 0.15) is 5.82 Å². The van der Waals surface area contributed by atoms with E-state index >= 15 is 0 Å². The Bertz CT molecular complexity index is 1140. The number of ether oxygens (including phenoxy) is 2. The van der Waals surface area contributed by atoms with Crippen LogP contribution in [0.4, 0.5) is 19.0 Å². The van der Waals surface area contributed by atoms with Crippen molar-refractivity contribution in [3.63, 3.8) is 0 Å². The lowest BCUT2D eigenvalue weighted by Gasteiger charge is -2.45. The Morgan fingerprint density at radius 3 is 2.43 bits per heavy atom. The van der Waals surface area contributed by atoms with Gasteiger partial charge in [-0.25, -0.2) is 4.98 Å². The van der Waals surface area contributed by atoms with Crippen LogP contribution in [-0.4, -0.2) is 116 Å². The summed E-state index contributed by atoms with van der Waals surface area (Å²) in [5.74, 6) is 1.43. The molecule has 11 heteroatoms. The van der Waals surface area contributed by atoms with E-state index in [0.29, 0.717) is 50.7 Å². The molecular weight excluding hydrogens is 595 g/mol. The van der Waals surface area contributed by atoms with E-state index in [2.05, 4.69) is 42.5 Å². The number of piperidine rings is 1. The van der Waals surface area contributed by atoms with Gasteiger partial charge in [-0.05, 0) is 102 Å². The van der Waals surface area contributed by atoms with Crippen LogP contribution in [0.3, 0.4) is 0 Å². The zero-order valence-electron chi connectivity index (χ0n) is 28.6. The molecule has 0 spiro atoms. The van der Waals surface area contributed by atoms with Crippen LogP contribution in [-0.2, 0) is 20.4 Å². The number of nitrogens with zero attached hydrogens (tertiary/aromatic N) is 5. The lowest BCUT2D eigenvalue weighted by atomic mass is 9.74. The normalized spacial score (nSPS) is 29.0. The Morgan fingerprint density at radius 1 is 1.09 bits per heavy atom. The number of rotatable bonds is 10. The van der Waals surface area contributed by atoms with Gasteiger partial charge in [0.15, 0.2) is 0 Å². The Labute approximate surface area is 274 Å². The lowest BCUT2D eigenvalue weighted by molar-refractivity contribution is -0.145. The third-order valence-electron chi connectivity index (χ3n) is 11.7. The Kier molecular flexibility index (Phi) is 11.6. The topological polar surface area (TPSA) is 61.4 Å². The minimum absolute atomic E-state index is 0.0267. The largest absolute Gasteiger partial charge is 0.416 e. The van der Waals surface area contributed by atoms with Crippen molar-refractivity contribution in [3.8, 4) is 0 Å². The molecule has 3 saturated heterocycles. The molecule has 0 bridgehead atoms. The van der Waals surface area contributed by atoms with E-state index in [1.165, 1.54) is 38.5 Å². The molecule has 0 N–H and O–H groups in total. The summed E-state index contributed by atoms with van der Waals surface area (Å²) >= 11 is 0. The van der Waals surface area contributed by atoms with Crippen molar-refractivity contribution in [3.05, 3.63) is 23.9 Å². The number of alkyl halides is 3. The van der Waals surface area contributed by atoms with Crippen molar-refractivity contribution >= 4 is 11.7 Å². The maximum Gasteiger partial charge on any atom is 0.416 e. The Hall–Kier alpha value is -1.95. The molecule has 1 saturated carbocycles. The highest BCUT2D eigenvalue weighted by Crippen LogP contribution is 2.48.